The van der Waals surface area contributed by atoms with Crippen LogP contribution in [0, 0.1) is 19.8 Å². The van der Waals surface area contributed by atoms with E-state index in [-0.39, 0.29) is 5.91 Å². The number of amides is 1. The van der Waals surface area contributed by atoms with E-state index in [1.807, 2.05) is 11.0 Å². The maximum atomic E-state index is 12.3. The van der Waals surface area contributed by atoms with Crippen molar-refractivity contribution in [2.45, 2.75) is 33.6 Å². The van der Waals surface area contributed by atoms with Gasteiger partial charge in [0.25, 0.3) is 0 Å². The van der Waals surface area contributed by atoms with Crippen LogP contribution in [0.15, 0.2) is 12.1 Å². The van der Waals surface area contributed by atoms with Gasteiger partial charge in [0.05, 0.1) is 0 Å². The van der Waals surface area contributed by atoms with Crippen LogP contribution in [0.3, 0.4) is 0 Å². The van der Waals surface area contributed by atoms with Crippen LogP contribution in [-0.2, 0) is 11.2 Å². The molecule has 21 heavy (non-hydrogen) atoms. The first-order valence-electron chi connectivity index (χ1n) is 7.71. The number of halogens is 1. The normalized spacial score (nSPS) is 16.9. The van der Waals surface area contributed by atoms with Crippen LogP contribution in [0.2, 0.25) is 5.02 Å². The molecule has 0 spiro atoms. The Kier molecular flexibility index (Phi) is 5.65. The maximum absolute atomic E-state index is 12.3. The van der Waals surface area contributed by atoms with Gasteiger partial charge in [-0.2, -0.15) is 0 Å². The van der Waals surface area contributed by atoms with E-state index in [4.69, 9.17) is 11.6 Å². The zero-order valence-electron chi connectivity index (χ0n) is 13.2. The minimum atomic E-state index is 0.268. The third kappa shape index (κ3) is 4.45. The summed E-state index contributed by atoms with van der Waals surface area (Å²) in [6.07, 6.45) is 1.46. The highest BCUT2D eigenvalue weighted by Gasteiger charge is 2.19. The van der Waals surface area contributed by atoms with E-state index in [2.05, 4.69) is 32.2 Å². The highest BCUT2D eigenvalue weighted by atomic mass is 35.5. The third-order valence-electron chi connectivity index (χ3n) is 4.22. The summed E-state index contributed by atoms with van der Waals surface area (Å²) < 4.78 is 0. The second-order valence-corrected chi connectivity index (χ2v) is 6.58. The summed E-state index contributed by atoms with van der Waals surface area (Å²) in [7, 11) is 0. The highest BCUT2D eigenvalue weighted by Crippen LogP contribution is 2.24. The number of nitrogens with one attached hydrogen (secondary N) is 1. The van der Waals surface area contributed by atoms with Crippen molar-refractivity contribution in [2.24, 2.45) is 5.92 Å². The fourth-order valence-corrected chi connectivity index (χ4v) is 3.08. The first kappa shape index (κ1) is 16.3. The Hall–Kier alpha value is -1.06. The average Bonchev–Trinajstić information content (AvgIpc) is 2.45. The molecule has 1 amide bonds. The summed E-state index contributed by atoms with van der Waals surface area (Å²) in [5, 5.41) is 4.09. The lowest BCUT2D eigenvalue weighted by atomic mass is 9.95. The molecule has 1 fully saturated rings. The zero-order chi connectivity index (χ0) is 15.4. The monoisotopic (exact) mass is 308 g/mol. The van der Waals surface area contributed by atoms with Gasteiger partial charge in [-0.1, -0.05) is 24.6 Å². The summed E-state index contributed by atoms with van der Waals surface area (Å²) in [6, 6.07) is 4.18. The second kappa shape index (κ2) is 7.28. The molecule has 1 aromatic carbocycles. The van der Waals surface area contributed by atoms with Crippen LogP contribution in [0.5, 0.6) is 0 Å². The average molecular weight is 309 g/mol. The molecule has 1 aliphatic rings. The van der Waals surface area contributed by atoms with Crippen molar-refractivity contribution in [1.29, 1.82) is 0 Å². The molecule has 0 saturated carbocycles. The van der Waals surface area contributed by atoms with E-state index in [9.17, 15) is 4.79 Å². The number of hydrogen-bond donors (Lipinski definition) is 1. The SMILES string of the molecule is Cc1cc(Cl)c(CC(C)CC(=O)N2CCNCC2)cc1C. The fourth-order valence-electron chi connectivity index (χ4n) is 2.79. The van der Waals surface area contributed by atoms with Crippen molar-refractivity contribution in [3.63, 3.8) is 0 Å². The van der Waals surface area contributed by atoms with E-state index >= 15 is 0 Å². The molecule has 0 aromatic heterocycles. The van der Waals surface area contributed by atoms with Crippen LogP contribution in [0.25, 0.3) is 0 Å². The number of carbonyl (C=O) groups is 1. The molecule has 1 heterocycles. The van der Waals surface area contributed by atoms with E-state index in [1.54, 1.807) is 0 Å². The molecule has 1 aromatic rings. The molecule has 0 bridgehead atoms. The third-order valence-corrected chi connectivity index (χ3v) is 4.58. The molecule has 0 aliphatic carbocycles. The summed E-state index contributed by atoms with van der Waals surface area (Å²) in [5.41, 5.74) is 3.63. The molecule has 1 atom stereocenters. The van der Waals surface area contributed by atoms with Gasteiger partial charge >= 0.3 is 0 Å². The van der Waals surface area contributed by atoms with Crippen molar-refractivity contribution >= 4 is 17.5 Å². The standard InChI is InChI=1S/C17H25ClN2O/c1-12(9-17(21)20-6-4-19-5-7-20)8-15-10-13(2)14(3)11-16(15)18/h10-12,19H,4-9H2,1-3H3. The first-order chi connectivity index (χ1) is 9.97. The molecular formula is C17H25ClN2O. The zero-order valence-corrected chi connectivity index (χ0v) is 14.0. The topological polar surface area (TPSA) is 32.3 Å². The molecule has 1 unspecified atom stereocenters. The van der Waals surface area contributed by atoms with Gasteiger partial charge in [-0.3, -0.25) is 4.79 Å². The summed E-state index contributed by atoms with van der Waals surface area (Å²) >= 11 is 6.33. The summed E-state index contributed by atoms with van der Waals surface area (Å²) in [6.45, 7) is 9.78. The predicted octanol–water partition coefficient (Wildman–Crippen LogP) is 2.96. The minimum absolute atomic E-state index is 0.268. The first-order valence-corrected chi connectivity index (χ1v) is 8.09. The number of hydrogen-bond acceptors (Lipinski definition) is 2. The van der Waals surface area contributed by atoms with Crippen LogP contribution in [0.4, 0.5) is 0 Å². The number of aryl methyl sites for hydroxylation is 2. The highest BCUT2D eigenvalue weighted by molar-refractivity contribution is 6.31. The largest absolute Gasteiger partial charge is 0.340 e. The van der Waals surface area contributed by atoms with E-state index in [1.165, 1.54) is 11.1 Å². The Morgan fingerprint density at radius 1 is 1.29 bits per heavy atom. The molecule has 3 nitrogen and oxygen atoms in total. The van der Waals surface area contributed by atoms with Gasteiger partial charge in [0.2, 0.25) is 5.91 Å². The fraction of sp³-hybridized carbons (Fsp3) is 0.588. The molecule has 4 heteroatoms. The second-order valence-electron chi connectivity index (χ2n) is 6.17. The van der Waals surface area contributed by atoms with Gasteiger partial charge in [-0.15, -0.1) is 0 Å². The van der Waals surface area contributed by atoms with E-state index in [0.717, 1.165) is 43.2 Å². The number of piperazine rings is 1. The summed E-state index contributed by atoms with van der Waals surface area (Å²) in [4.78, 5) is 14.2. The lowest BCUT2D eigenvalue weighted by Gasteiger charge is -2.28. The van der Waals surface area contributed by atoms with Crippen molar-refractivity contribution in [1.82, 2.24) is 10.2 Å². The van der Waals surface area contributed by atoms with Crippen molar-refractivity contribution in [3.05, 3.63) is 33.8 Å². The Morgan fingerprint density at radius 2 is 1.90 bits per heavy atom. The van der Waals surface area contributed by atoms with Crippen molar-refractivity contribution in [2.75, 3.05) is 26.2 Å². The smallest absolute Gasteiger partial charge is 0.222 e. The Bertz CT molecular complexity index is 510. The molecule has 1 saturated heterocycles. The molecular weight excluding hydrogens is 284 g/mol. The molecule has 1 N–H and O–H groups in total. The molecule has 1 aliphatic heterocycles. The molecule has 2 rings (SSSR count). The minimum Gasteiger partial charge on any atom is -0.340 e. The Morgan fingerprint density at radius 3 is 2.57 bits per heavy atom. The predicted molar refractivity (Wildman–Crippen MR) is 87.9 cm³/mol. The van der Waals surface area contributed by atoms with Crippen LogP contribution < -0.4 is 5.32 Å². The van der Waals surface area contributed by atoms with Gasteiger partial charge in [-0.05, 0) is 48.9 Å². The summed E-state index contributed by atoms with van der Waals surface area (Å²) in [5.74, 6) is 0.580. The number of nitrogens with zero attached hydrogens (tertiary/aromatic N) is 1. The van der Waals surface area contributed by atoms with E-state index in [0.29, 0.717) is 12.3 Å². The van der Waals surface area contributed by atoms with E-state index < -0.39 is 0 Å². The maximum Gasteiger partial charge on any atom is 0.222 e. The van der Waals surface area contributed by atoms with Gasteiger partial charge < -0.3 is 10.2 Å². The van der Waals surface area contributed by atoms with Crippen LogP contribution in [0.1, 0.15) is 30.0 Å². The van der Waals surface area contributed by atoms with Crippen LogP contribution in [-0.4, -0.2) is 37.0 Å². The van der Waals surface area contributed by atoms with Gasteiger partial charge in [-0.25, -0.2) is 0 Å². The van der Waals surface area contributed by atoms with Crippen molar-refractivity contribution in [3.8, 4) is 0 Å². The quantitative estimate of drug-likeness (QED) is 0.927. The van der Waals surface area contributed by atoms with Gasteiger partial charge in [0, 0.05) is 37.6 Å². The Balaban J connectivity index is 1.93. The van der Waals surface area contributed by atoms with Crippen LogP contribution >= 0.6 is 11.6 Å². The lowest BCUT2D eigenvalue weighted by molar-refractivity contribution is -0.132. The molecule has 116 valence electrons. The number of carbonyl (C=O) groups excluding carboxylic acids is 1. The van der Waals surface area contributed by atoms with Gasteiger partial charge in [0.15, 0.2) is 0 Å². The number of benzene rings is 1. The van der Waals surface area contributed by atoms with Gasteiger partial charge in [0.1, 0.15) is 0 Å². The lowest BCUT2D eigenvalue weighted by Crippen LogP contribution is -2.46. The Labute approximate surface area is 132 Å². The number of rotatable bonds is 4. The molecule has 0 radical (unpaired) electrons. The van der Waals surface area contributed by atoms with Crippen molar-refractivity contribution < 1.29 is 4.79 Å².